The summed E-state index contributed by atoms with van der Waals surface area (Å²) >= 11 is 3.64. The molecule has 16 heavy (non-hydrogen) atoms. The Bertz CT molecular complexity index is 462. The van der Waals surface area contributed by atoms with Crippen LogP contribution in [0.1, 0.15) is 23.2 Å². The number of benzene rings is 1. The fourth-order valence-electron chi connectivity index (χ4n) is 1.44. The van der Waals surface area contributed by atoms with Gasteiger partial charge >= 0.3 is 0 Å². The first-order valence-electron chi connectivity index (χ1n) is 5.41. The minimum Gasteiger partial charge on any atom is -0.245 e. The fraction of sp³-hybridized carbons (Fsp3) is 0.308. The van der Waals surface area contributed by atoms with Crippen LogP contribution in [-0.2, 0) is 12.2 Å². The van der Waals surface area contributed by atoms with Gasteiger partial charge in [0, 0.05) is 10.3 Å². The number of hydrogen-bond donors (Lipinski definition) is 0. The fourth-order valence-corrected chi connectivity index (χ4v) is 3.36. The molecule has 0 unspecified atom stereocenters. The van der Waals surface area contributed by atoms with Crippen LogP contribution in [0.25, 0.3) is 0 Å². The molecule has 0 atom stereocenters. The molecule has 0 saturated heterocycles. The lowest BCUT2D eigenvalue weighted by Gasteiger charge is -2.02. The summed E-state index contributed by atoms with van der Waals surface area (Å²) in [6.45, 7) is 4.30. The van der Waals surface area contributed by atoms with Crippen LogP contribution < -0.4 is 0 Å². The second kappa shape index (κ2) is 5.51. The normalized spacial score (nSPS) is 10.6. The minimum atomic E-state index is 0.982. The average Bonchev–Trinajstić information content (AvgIpc) is 2.76. The van der Waals surface area contributed by atoms with E-state index in [1.165, 1.54) is 21.2 Å². The van der Waals surface area contributed by atoms with Crippen molar-refractivity contribution in [2.45, 2.75) is 30.9 Å². The molecule has 0 bridgehead atoms. The molecule has 0 aliphatic carbocycles. The number of rotatable bonds is 4. The van der Waals surface area contributed by atoms with E-state index in [1.54, 1.807) is 11.3 Å². The number of aryl methyl sites for hydroxylation is 2. The van der Waals surface area contributed by atoms with Crippen LogP contribution in [0.2, 0.25) is 0 Å². The Morgan fingerprint density at radius 1 is 1.31 bits per heavy atom. The molecule has 2 rings (SSSR count). The van der Waals surface area contributed by atoms with Gasteiger partial charge in [0.2, 0.25) is 0 Å². The lowest BCUT2D eigenvalue weighted by atomic mass is 10.2. The van der Waals surface area contributed by atoms with Crippen LogP contribution >= 0.6 is 23.1 Å². The smallest absolute Gasteiger partial charge is 0.103 e. The lowest BCUT2D eigenvalue weighted by molar-refractivity contribution is 1.04. The second-order valence-electron chi connectivity index (χ2n) is 3.64. The Kier molecular flexibility index (Phi) is 4.02. The minimum absolute atomic E-state index is 0.982. The Hall–Kier alpha value is -0.800. The van der Waals surface area contributed by atoms with Gasteiger partial charge in [-0.1, -0.05) is 25.1 Å². The molecule has 0 saturated carbocycles. The van der Waals surface area contributed by atoms with Crippen molar-refractivity contribution < 1.29 is 0 Å². The van der Waals surface area contributed by atoms with Crippen molar-refractivity contribution >= 4 is 23.1 Å². The van der Waals surface area contributed by atoms with Gasteiger partial charge in [-0.25, -0.2) is 4.98 Å². The van der Waals surface area contributed by atoms with Crippen molar-refractivity contribution in [2.75, 3.05) is 0 Å². The van der Waals surface area contributed by atoms with E-state index in [9.17, 15) is 0 Å². The summed E-state index contributed by atoms with van der Waals surface area (Å²) in [5, 5.41) is 3.39. The summed E-state index contributed by atoms with van der Waals surface area (Å²) in [6.07, 6.45) is 1.03. The first kappa shape index (κ1) is 11.7. The van der Waals surface area contributed by atoms with Gasteiger partial charge in [0.25, 0.3) is 0 Å². The maximum absolute atomic E-state index is 4.57. The summed E-state index contributed by atoms with van der Waals surface area (Å²) in [5.41, 5.74) is 2.56. The molecule has 3 heteroatoms. The number of aromatic nitrogens is 1. The van der Waals surface area contributed by atoms with Gasteiger partial charge < -0.3 is 0 Å². The number of thiazole rings is 1. The van der Waals surface area contributed by atoms with Gasteiger partial charge in [-0.15, -0.1) is 23.1 Å². The van der Waals surface area contributed by atoms with Gasteiger partial charge in [0.1, 0.15) is 5.01 Å². The van der Waals surface area contributed by atoms with Gasteiger partial charge in [-0.2, -0.15) is 0 Å². The van der Waals surface area contributed by atoms with Crippen LogP contribution in [0.5, 0.6) is 0 Å². The molecule has 0 aliphatic rings. The quantitative estimate of drug-likeness (QED) is 0.749. The largest absolute Gasteiger partial charge is 0.245 e. The molecule has 0 aliphatic heterocycles. The second-order valence-corrected chi connectivity index (χ2v) is 5.60. The third-order valence-corrected chi connectivity index (χ3v) is 4.67. The zero-order valence-electron chi connectivity index (χ0n) is 9.56. The van der Waals surface area contributed by atoms with Crippen molar-refractivity contribution in [1.82, 2.24) is 4.98 Å². The molecule has 1 nitrogen and oxygen atoms in total. The predicted molar refractivity (Wildman–Crippen MR) is 72.2 cm³/mol. The number of thioether (sulfide) groups is 1. The van der Waals surface area contributed by atoms with Crippen LogP contribution in [0.3, 0.4) is 0 Å². The van der Waals surface area contributed by atoms with Crippen molar-refractivity contribution in [3.63, 3.8) is 0 Å². The molecule has 1 aromatic carbocycles. The topological polar surface area (TPSA) is 12.9 Å². The molecular weight excluding hydrogens is 234 g/mol. The summed E-state index contributed by atoms with van der Waals surface area (Å²) in [5.74, 6) is 0.982. The lowest BCUT2D eigenvalue weighted by Crippen LogP contribution is -1.84. The van der Waals surface area contributed by atoms with Gasteiger partial charge in [-0.3, -0.25) is 0 Å². The van der Waals surface area contributed by atoms with Crippen molar-refractivity contribution in [3.8, 4) is 0 Å². The highest BCUT2D eigenvalue weighted by molar-refractivity contribution is 7.98. The highest BCUT2D eigenvalue weighted by Crippen LogP contribution is 2.26. The SMILES string of the molecule is CCc1csc(CSc2ccccc2C)n1. The van der Waals surface area contributed by atoms with E-state index in [-0.39, 0.29) is 0 Å². The van der Waals surface area contributed by atoms with E-state index in [0.717, 1.165) is 12.2 Å². The summed E-state index contributed by atoms with van der Waals surface area (Å²) in [6, 6.07) is 8.50. The van der Waals surface area contributed by atoms with Crippen molar-refractivity contribution in [3.05, 3.63) is 45.9 Å². The molecule has 0 fully saturated rings. The van der Waals surface area contributed by atoms with Crippen molar-refractivity contribution in [1.29, 1.82) is 0 Å². The standard InChI is InChI=1S/C13H15NS2/c1-3-11-8-16-13(14-11)9-15-12-7-5-4-6-10(12)2/h4-8H,3,9H2,1-2H3. The molecule has 2 aromatic rings. The number of nitrogens with zero attached hydrogens (tertiary/aromatic N) is 1. The van der Waals surface area contributed by atoms with E-state index in [2.05, 4.69) is 48.5 Å². The van der Waals surface area contributed by atoms with Crippen LogP contribution in [0, 0.1) is 6.92 Å². The third-order valence-electron chi connectivity index (χ3n) is 2.41. The predicted octanol–water partition coefficient (Wildman–Crippen LogP) is 4.31. The van der Waals surface area contributed by atoms with Gasteiger partial charge in [0.15, 0.2) is 0 Å². The van der Waals surface area contributed by atoms with E-state index < -0.39 is 0 Å². The zero-order valence-corrected chi connectivity index (χ0v) is 11.2. The summed E-state index contributed by atoms with van der Waals surface area (Å²) in [7, 11) is 0. The molecule has 1 aromatic heterocycles. The Morgan fingerprint density at radius 2 is 2.12 bits per heavy atom. The molecule has 84 valence electrons. The molecule has 0 amide bonds. The van der Waals surface area contributed by atoms with E-state index >= 15 is 0 Å². The maximum atomic E-state index is 4.57. The highest BCUT2D eigenvalue weighted by Gasteiger charge is 2.03. The summed E-state index contributed by atoms with van der Waals surface area (Å²) < 4.78 is 0. The molecule has 0 N–H and O–H groups in total. The Morgan fingerprint density at radius 3 is 2.81 bits per heavy atom. The summed E-state index contributed by atoms with van der Waals surface area (Å²) in [4.78, 5) is 5.93. The van der Waals surface area contributed by atoms with E-state index in [0.29, 0.717) is 0 Å². The highest BCUT2D eigenvalue weighted by atomic mass is 32.2. The zero-order chi connectivity index (χ0) is 11.4. The molecular formula is C13H15NS2. The monoisotopic (exact) mass is 249 g/mol. The average molecular weight is 249 g/mol. The van der Waals surface area contributed by atoms with E-state index in [4.69, 9.17) is 0 Å². The first-order valence-corrected chi connectivity index (χ1v) is 7.28. The van der Waals surface area contributed by atoms with Crippen molar-refractivity contribution in [2.24, 2.45) is 0 Å². The van der Waals surface area contributed by atoms with Gasteiger partial charge in [0.05, 0.1) is 11.4 Å². The first-order chi connectivity index (χ1) is 7.79. The maximum Gasteiger partial charge on any atom is 0.103 e. The van der Waals surface area contributed by atoms with Crippen LogP contribution in [0.15, 0.2) is 34.5 Å². The Balaban J connectivity index is 1.99. The van der Waals surface area contributed by atoms with E-state index in [1.807, 2.05) is 11.8 Å². The third kappa shape index (κ3) is 2.86. The Labute approximate surface area is 105 Å². The molecule has 0 radical (unpaired) electrons. The van der Waals surface area contributed by atoms with Crippen LogP contribution in [0.4, 0.5) is 0 Å². The molecule has 1 heterocycles. The van der Waals surface area contributed by atoms with Gasteiger partial charge in [-0.05, 0) is 25.0 Å². The van der Waals surface area contributed by atoms with Crippen LogP contribution in [-0.4, -0.2) is 4.98 Å². The molecule has 0 spiro atoms. The number of hydrogen-bond acceptors (Lipinski definition) is 3.